The molecule has 0 aliphatic carbocycles. The van der Waals surface area contributed by atoms with Gasteiger partial charge in [0.15, 0.2) is 0 Å². The lowest BCUT2D eigenvalue weighted by atomic mass is 10.4. The van der Waals surface area contributed by atoms with E-state index in [0.717, 1.165) is 12.2 Å². The van der Waals surface area contributed by atoms with E-state index in [0.29, 0.717) is 26.3 Å². The average Bonchev–Trinajstić information content (AvgIpc) is 2.84. The molecule has 2 N–H and O–H groups in total. The van der Waals surface area contributed by atoms with Gasteiger partial charge in [0.05, 0.1) is 13.2 Å². The van der Waals surface area contributed by atoms with Crippen molar-refractivity contribution in [2.24, 2.45) is 0 Å². The third kappa shape index (κ3) is 9.47. The highest BCUT2D eigenvalue weighted by molar-refractivity contribution is 5.85. The molecule has 0 aromatic carbocycles. The number of hydrogen-bond acceptors (Lipinski definition) is 13. The summed E-state index contributed by atoms with van der Waals surface area (Å²) < 4.78 is 24.5. The predicted octanol–water partition coefficient (Wildman–Crippen LogP) is 0.264. The molecule has 2 heterocycles. The molecular weight excluding hydrogens is 456 g/mol. The molecule has 1 saturated heterocycles. The van der Waals surface area contributed by atoms with Crippen molar-refractivity contribution in [1.82, 2.24) is 15.0 Å². The van der Waals surface area contributed by atoms with E-state index in [1.807, 2.05) is 0 Å². The van der Waals surface area contributed by atoms with Crippen molar-refractivity contribution in [3.63, 3.8) is 0 Å². The van der Waals surface area contributed by atoms with E-state index < -0.39 is 24.1 Å². The van der Waals surface area contributed by atoms with E-state index in [4.69, 9.17) is 23.7 Å². The van der Waals surface area contributed by atoms with E-state index in [-0.39, 0.29) is 44.3 Å². The van der Waals surface area contributed by atoms with Gasteiger partial charge in [0.1, 0.15) is 26.4 Å². The van der Waals surface area contributed by atoms with Crippen molar-refractivity contribution in [3.05, 3.63) is 25.3 Å². The van der Waals surface area contributed by atoms with Crippen LogP contribution in [0.1, 0.15) is 0 Å². The van der Waals surface area contributed by atoms with Gasteiger partial charge in [-0.15, -0.1) is 0 Å². The second-order valence-corrected chi connectivity index (χ2v) is 6.15. The standard InChI is InChI=1S/C19H24N6O9/c1-3-13(26)31-9-11-33-18(28)23-15-20-16(22-17(21-15)25-5-7-30-8-6-25)24-19(29)34-12-10-32-14(27)4-2/h3-4H,1-2,5-12H2,(H2,20,21,22,23,24,28,29). The molecule has 0 spiro atoms. The highest BCUT2D eigenvalue weighted by Crippen LogP contribution is 2.15. The minimum absolute atomic E-state index is 0.170. The molecule has 2 rings (SSSR count). The van der Waals surface area contributed by atoms with Crippen molar-refractivity contribution in [1.29, 1.82) is 0 Å². The van der Waals surface area contributed by atoms with Gasteiger partial charge in [0.2, 0.25) is 17.8 Å². The lowest BCUT2D eigenvalue weighted by molar-refractivity contribution is -0.139. The fraction of sp³-hybridized carbons (Fsp3) is 0.421. The summed E-state index contributed by atoms with van der Waals surface area (Å²) in [5, 5.41) is 4.61. The van der Waals surface area contributed by atoms with Crippen LogP contribution in [-0.2, 0) is 33.3 Å². The third-order valence-electron chi connectivity index (χ3n) is 3.80. The average molecular weight is 480 g/mol. The minimum Gasteiger partial charge on any atom is -0.459 e. The molecule has 1 fully saturated rings. The topological polar surface area (TPSA) is 180 Å². The molecule has 1 aliphatic heterocycles. The normalized spacial score (nSPS) is 12.6. The highest BCUT2D eigenvalue weighted by atomic mass is 16.6. The minimum atomic E-state index is -0.925. The third-order valence-corrected chi connectivity index (χ3v) is 3.80. The van der Waals surface area contributed by atoms with Crippen molar-refractivity contribution in [2.75, 3.05) is 68.3 Å². The molecule has 0 unspecified atom stereocenters. The Bertz CT molecular complexity index is 844. The van der Waals surface area contributed by atoms with E-state index in [1.165, 1.54) is 0 Å². The van der Waals surface area contributed by atoms with Crippen LogP contribution in [0, 0.1) is 0 Å². The van der Waals surface area contributed by atoms with Crippen molar-refractivity contribution >= 4 is 42.0 Å². The van der Waals surface area contributed by atoms with Crippen molar-refractivity contribution < 1.29 is 42.9 Å². The second-order valence-electron chi connectivity index (χ2n) is 6.15. The summed E-state index contributed by atoms with van der Waals surface area (Å²) in [6, 6.07) is 0. The molecule has 184 valence electrons. The van der Waals surface area contributed by atoms with Gasteiger partial charge in [0, 0.05) is 25.2 Å². The smallest absolute Gasteiger partial charge is 0.414 e. The van der Waals surface area contributed by atoms with Gasteiger partial charge >= 0.3 is 24.1 Å². The number of ether oxygens (including phenoxy) is 5. The summed E-state index contributed by atoms with van der Waals surface area (Å²) in [4.78, 5) is 60.0. The number of nitrogens with one attached hydrogen (secondary N) is 2. The zero-order chi connectivity index (χ0) is 24.8. The Morgan fingerprint density at radius 3 is 1.68 bits per heavy atom. The molecule has 1 aromatic rings. The van der Waals surface area contributed by atoms with Crippen LogP contribution < -0.4 is 15.5 Å². The maximum atomic E-state index is 12.0. The van der Waals surface area contributed by atoms with E-state index in [1.54, 1.807) is 4.90 Å². The van der Waals surface area contributed by atoms with Gasteiger partial charge in [-0.25, -0.2) is 19.2 Å². The van der Waals surface area contributed by atoms with Crippen molar-refractivity contribution in [3.8, 4) is 0 Å². The molecule has 1 aliphatic rings. The first-order chi connectivity index (χ1) is 16.4. The number of rotatable bonds is 11. The van der Waals surface area contributed by atoms with Crippen LogP contribution in [0.4, 0.5) is 27.4 Å². The Morgan fingerprint density at radius 1 is 0.794 bits per heavy atom. The quantitative estimate of drug-likeness (QED) is 0.191. The Hall–Kier alpha value is -4.27. The van der Waals surface area contributed by atoms with E-state index >= 15 is 0 Å². The largest absolute Gasteiger partial charge is 0.459 e. The SMILES string of the molecule is C=CC(=O)OCCOC(=O)Nc1nc(NC(=O)OCCOC(=O)C=C)nc(N2CCOCC2)n1. The van der Waals surface area contributed by atoms with Crippen molar-refractivity contribution in [2.45, 2.75) is 0 Å². The zero-order valence-corrected chi connectivity index (χ0v) is 18.2. The molecule has 2 amide bonds. The first-order valence-electron chi connectivity index (χ1n) is 9.96. The van der Waals surface area contributed by atoms with Crippen LogP contribution in [-0.4, -0.2) is 91.8 Å². The van der Waals surface area contributed by atoms with Crippen LogP contribution in [0.15, 0.2) is 25.3 Å². The summed E-state index contributed by atoms with van der Waals surface area (Å²) in [6.45, 7) is 7.53. The number of morpholine rings is 1. The molecule has 0 saturated carbocycles. The number of esters is 2. The summed E-state index contributed by atoms with van der Waals surface area (Å²) in [5.41, 5.74) is 0. The molecule has 34 heavy (non-hydrogen) atoms. The summed E-state index contributed by atoms with van der Waals surface area (Å²) in [6.07, 6.45) is 0.106. The van der Waals surface area contributed by atoms with Gasteiger partial charge in [-0.3, -0.25) is 10.6 Å². The predicted molar refractivity (Wildman–Crippen MR) is 115 cm³/mol. The molecular formula is C19H24N6O9. The maximum Gasteiger partial charge on any atom is 0.414 e. The van der Waals surface area contributed by atoms with Gasteiger partial charge in [0.25, 0.3) is 0 Å². The molecule has 1 aromatic heterocycles. The van der Waals surface area contributed by atoms with Gasteiger partial charge in [-0.05, 0) is 0 Å². The molecule has 0 radical (unpaired) electrons. The lowest BCUT2D eigenvalue weighted by Crippen LogP contribution is -2.37. The van der Waals surface area contributed by atoms with Crippen LogP contribution in [0.3, 0.4) is 0 Å². The Labute approximate surface area is 194 Å². The van der Waals surface area contributed by atoms with Gasteiger partial charge in [-0.1, -0.05) is 13.2 Å². The number of carbonyl (C=O) groups is 4. The van der Waals surface area contributed by atoms with Crippen LogP contribution >= 0.6 is 0 Å². The summed E-state index contributed by atoms with van der Waals surface area (Å²) >= 11 is 0. The number of nitrogens with zero attached hydrogens (tertiary/aromatic N) is 4. The number of aromatic nitrogens is 3. The lowest BCUT2D eigenvalue weighted by Gasteiger charge is -2.27. The Morgan fingerprint density at radius 2 is 1.24 bits per heavy atom. The second kappa shape index (κ2) is 14.0. The number of hydrogen-bond donors (Lipinski definition) is 2. The number of amides is 2. The first kappa shape index (κ1) is 26.0. The maximum absolute atomic E-state index is 12.0. The monoisotopic (exact) mass is 480 g/mol. The van der Waals surface area contributed by atoms with Crippen LogP contribution in [0.5, 0.6) is 0 Å². The first-order valence-corrected chi connectivity index (χ1v) is 9.96. The molecule has 0 bridgehead atoms. The molecule has 15 heteroatoms. The highest BCUT2D eigenvalue weighted by Gasteiger charge is 2.19. The van der Waals surface area contributed by atoms with Gasteiger partial charge in [-0.2, -0.15) is 15.0 Å². The van der Waals surface area contributed by atoms with Gasteiger partial charge < -0.3 is 28.6 Å². The van der Waals surface area contributed by atoms with E-state index in [9.17, 15) is 19.2 Å². The fourth-order valence-electron chi connectivity index (χ4n) is 2.31. The van der Waals surface area contributed by atoms with E-state index in [2.05, 4.69) is 38.7 Å². The zero-order valence-electron chi connectivity index (χ0n) is 18.2. The molecule has 15 nitrogen and oxygen atoms in total. The fourth-order valence-corrected chi connectivity index (χ4v) is 2.31. The van der Waals surface area contributed by atoms with Crippen LogP contribution in [0.2, 0.25) is 0 Å². The summed E-state index contributed by atoms with van der Waals surface area (Å²) in [7, 11) is 0. The summed E-state index contributed by atoms with van der Waals surface area (Å²) in [5.74, 6) is -1.56. The van der Waals surface area contributed by atoms with Crippen LogP contribution in [0.25, 0.3) is 0 Å². The Kier molecular flexibility index (Phi) is 10.7. The molecule has 0 atom stereocenters. The number of carbonyl (C=O) groups excluding carboxylic acids is 4. The number of anilines is 3. The Balaban J connectivity index is 1.98.